The molecular weight excluding hydrogens is 674 g/mol. The number of fused-ring (bicyclic) bond motifs is 1. The number of aliphatic imine (C=N–C) groups is 1. The number of benzene rings is 2. The fourth-order valence-electron chi connectivity index (χ4n) is 5.77. The van der Waals surface area contributed by atoms with Gasteiger partial charge in [0, 0.05) is 60.2 Å². The van der Waals surface area contributed by atoms with Gasteiger partial charge < -0.3 is 20.1 Å². The van der Waals surface area contributed by atoms with Crippen molar-refractivity contribution in [1.29, 1.82) is 0 Å². The molecule has 1 unspecified atom stereocenters. The number of carbonyl (C=O) groups is 3. The van der Waals surface area contributed by atoms with Crippen LogP contribution in [0.5, 0.6) is 0 Å². The number of hydrogen-bond acceptors (Lipinski definition) is 9. The smallest absolute Gasteiger partial charge is 0.338 e. The van der Waals surface area contributed by atoms with Crippen molar-refractivity contribution < 1.29 is 33.0 Å². The first-order valence-electron chi connectivity index (χ1n) is 14.1. The molecule has 3 aliphatic rings. The molecule has 15 heteroatoms. The molecule has 0 spiro atoms. The first-order valence-corrected chi connectivity index (χ1v) is 15.7. The highest BCUT2D eigenvalue weighted by atomic mass is 79.9. The van der Waals surface area contributed by atoms with Crippen LogP contribution in [0.25, 0.3) is 0 Å². The van der Waals surface area contributed by atoms with E-state index in [1.165, 1.54) is 34.4 Å². The third-order valence-corrected chi connectivity index (χ3v) is 9.29. The van der Waals surface area contributed by atoms with Gasteiger partial charge in [-0.2, -0.15) is 0 Å². The highest BCUT2D eigenvalue weighted by Crippen LogP contribution is 2.37. The molecule has 45 heavy (non-hydrogen) atoms. The van der Waals surface area contributed by atoms with E-state index in [4.69, 9.17) is 14.8 Å². The second-order valence-corrected chi connectivity index (χ2v) is 12.3. The summed E-state index contributed by atoms with van der Waals surface area (Å²) in [4.78, 5) is 52.5. The largest absolute Gasteiger partial charge is 0.478 e. The van der Waals surface area contributed by atoms with Crippen LogP contribution in [0.15, 0.2) is 68.7 Å². The fraction of sp³-hybridized carbons (Fsp3) is 0.300. The number of rotatable bonds is 8. The van der Waals surface area contributed by atoms with Gasteiger partial charge in [0.25, 0.3) is 0 Å². The normalized spacial score (nSPS) is 20.2. The minimum absolute atomic E-state index is 0.142. The number of thiazole rings is 1. The third-order valence-electron chi connectivity index (χ3n) is 7.83. The molecule has 2 atom stereocenters. The lowest BCUT2D eigenvalue weighted by Crippen LogP contribution is -2.53. The Kier molecular flexibility index (Phi) is 8.66. The second kappa shape index (κ2) is 12.7. The maximum absolute atomic E-state index is 14.4. The number of carboxylic acids is 1. The number of amides is 2. The quantitative estimate of drug-likeness (QED) is 0.331. The number of anilines is 1. The van der Waals surface area contributed by atoms with Crippen molar-refractivity contribution in [1.82, 2.24) is 20.1 Å². The maximum Gasteiger partial charge on any atom is 0.338 e. The monoisotopic (exact) mass is 700 g/mol. The lowest BCUT2D eigenvalue weighted by atomic mass is 9.95. The van der Waals surface area contributed by atoms with E-state index in [1.807, 2.05) is 5.38 Å². The Bertz CT molecular complexity index is 1740. The van der Waals surface area contributed by atoms with Crippen molar-refractivity contribution in [3.05, 3.63) is 91.5 Å². The summed E-state index contributed by atoms with van der Waals surface area (Å²) in [6.07, 6.45) is 1.65. The standard InChI is InChI=1S/C30H27BrF2N6O5S/c1-2-44-29(42)24-23(35-26(27-34-7-10-45-27)36-25(24)19-5-3-16(32)11-21(19)31)15-37-8-9-38-18(13-37)14-39(30(38)43)17-4-6-20(28(40)41)22(33)12-17/h3-7,10-12,18,25H,2,8-9,13-15H2,1H3,(H,35,36)(H,40,41)/t18-,25?/m0/s1. The van der Waals surface area contributed by atoms with Crippen LogP contribution >= 0.6 is 27.3 Å². The maximum atomic E-state index is 14.4. The Morgan fingerprint density at radius 3 is 2.69 bits per heavy atom. The van der Waals surface area contributed by atoms with E-state index in [0.29, 0.717) is 46.2 Å². The molecule has 2 fully saturated rings. The van der Waals surface area contributed by atoms with E-state index < -0.39 is 35.2 Å². The number of aromatic carboxylic acids is 1. The molecule has 0 saturated carbocycles. The number of hydrogen-bond donors (Lipinski definition) is 2. The Balaban J connectivity index is 1.30. The van der Waals surface area contributed by atoms with Crippen LogP contribution < -0.4 is 10.2 Å². The van der Waals surface area contributed by atoms with Crippen LogP contribution in [0.3, 0.4) is 0 Å². The van der Waals surface area contributed by atoms with Crippen LogP contribution in [-0.2, 0) is 9.53 Å². The van der Waals surface area contributed by atoms with Crippen LogP contribution in [0.4, 0.5) is 19.3 Å². The van der Waals surface area contributed by atoms with E-state index in [2.05, 4.69) is 31.1 Å². The molecule has 2 amide bonds. The van der Waals surface area contributed by atoms with E-state index in [-0.39, 0.29) is 43.0 Å². The molecule has 0 bridgehead atoms. The average molecular weight is 702 g/mol. The molecule has 0 aliphatic carbocycles. The summed E-state index contributed by atoms with van der Waals surface area (Å²) in [5.41, 5.74) is 1.23. The number of aromatic nitrogens is 1. The Hall–Kier alpha value is -4.21. The fourth-order valence-corrected chi connectivity index (χ4v) is 6.92. The predicted octanol–water partition coefficient (Wildman–Crippen LogP) is 4.42. The zero-order valence-corrected chi connectivity index (χ0v) is 26.3. The van der Waals surface area contributed by atoms with Crippen molar-refractivity contribution >= 4 is 56.8 Å². The van der Waals surface area contributed by atoms with Gasteiger partial charge in [-0.15, -0.1) is 11.3 Å². The Morgan fingerprint density at radius 1 is 1.18 bits per heavy atom. The summed E-state index contributed by atoms with van der Waals surface area (Å²) in [5, 5.41) is 14.9. The summed E-state index contributed by atoms with van der Waals surface area (Å²) in [7, 11) is 0. The van der Waals surface area contributed by atoms with E-state index in [9.17, 15) is 23.2 Å². The van der Waals surface area contributed by atoms with Gasteiger partial charge >= 0.3 is 18.0 Å². The minimum atomic E-state index is -1.38. The van der Waals surface area contributed by atoms with Gasteiger partial charge in [0.1, 0.15) is 17.7 Å². The van der Waals surface area contributed by atoms with Crippen LogP contribution in [0, 0.1) is 11.6 Å². The molecule has 6 rings (SSSR count). The van der Waals surface area contributed by atoms with Crippen molar-refractivity contribution in [3.8, 4) is 0 Å². The van der Waals surface area contributed by atoms with Gasteiger partial charge in [0.2, 0.25) is 0 Å². The lowest BCUT2D eigenvalue weighted by Gasteiger charge is -2.38. The molecule has 234 valence electrons. The summed E-state index contributed by atoms with van der Waals surface area (Å²) >= 11 is 4.82. The zero-order valence-electron chi connectivity index (χ0n) is 23.9. The molecule has 0 radical (unpaired) electrons. The van der Waals surface area contributed by atoms with Crippen LogP contribution in [0.1, 0.15) is 33.9 Å². The number of piperazine rings is 1. The van der Waals surface area contributed by atoms with E-state index in [0.717, 1.165) is 12.1 Å². The number of amidine groups is 1. The molecule has 2 saturated heterocycles. The first kappa shape index (κ1) is 30.8. The molecule has 1 aromatic heterocycles. The van der Waals surface area contributed by atoms with Crippen LogP contribution in [0.2, 0.25) is 0 Å². The van der Waals surface area contributed by atoms with Gasteiger partial charge in [-0.05, 0) is 42.8 Å². The van der Waals surface area contributed by atoms with Crippen molar-refractivity contribution in [2.45, 2.75) is 19.0 Å². The number of nitrogens with zero attached hydrogens (tertiary/aromatic N) is 5. The Morgan fingerprint density at radius 2 is 2.00 bits per heavy atom. The molecule has 11 nitrogen and oxygen atoms in total. The SMILES string of the molecule is CCOC(=O)C1=C(CN2CCN3C(=O)N(c4ccc(C(=O)O)c(F)c4)C[C@@H]3C2)NC(c2nccs2)=NC1c1ccc(F)cc1Br. The molecule has 3 aliphatic heterocycles. The van der Waals surface area contributed by atoms with Gasteiger partial charge in [-0.1, -0.05) is 22.0 Å². The minimum Gasteiger partial charge on any atom is -0.478 e. The molecular formula is C30H27BrF2N6O5S. The highest BCUT2D eigenvalue weighted by molar-refractivity contribution is 9.10. The topological polar surface area (TPSA) is 128 Å². The average Bonchev–Trinajstić information content (AvgIpc) is 3.65. The second-order valence-electron chi connectivity index (χ2n) is 10.6. The van der Waals surface area contributed by atoms with Crippen molar-refractivity contribution in [2.24, 2.45) is 4.99 Å². The Labute approximate surface area is 268 Å². The number of esters is 1. The zero-order chi connectivity index (χ0) is 31.8. The third kappa shape index (κ3) is 6.07. The molecule has 4 heterocycles. The number of halogens is 3. The number of carbonyl (C=O) groups excluding carboxylic acids is 2. The van der Waals surface area contributed by atoms with Gasteiger partial charge in [0.05, 0.1) is 23.8 Å². The summed E-state index contributed by atoms with van der Waals surface area (Å²) in [6, 6.07) is 6.51. The summed E-state index contributed by atoms with van der Waals surface area (Å²) < 4.78 is 34.4. The van der Waals surface area contributed by atoms with E-state index in [1.54, 1.807) is 24.1 Å². The molecule has 2 aromatic carbocycles. The molecule has 2 N–H and O–H groups in total. The highest BCUT2D eigenvalue weighted by Gasteiger charge is 2.42. The number of carboxylic acid groups (broad SMARTS) is 1. The number of ether oxygens (including phenoxy) is 1. The summed E-state index contributed by atoms with van der Waals surface area (Å²) in [6.45, 7) is 3.74. The van der Waals surface area contributed by atoms with Crippen molar-refractivity contribution in [2.75, 3.05) is 44.2 Å². The van der Waals surface area contributed by atoms with Crippen molar-refractivity contribution in [3.63, 3.8) is 0 Å². The number of nitrogens with one attached hydrogen (secondary N) is 1. The van der Waals surface area contributed by atoms with Gasteiger partial charge in [0.15, 0.2) is 10.8 Å². The number of urea groups is 1. The lowest BCUT2D eigenvalue weighted by molar-refractivity contribution is -0.139. The van der Waals surface area contributed by atoms with Gasteiger partial charge in [-0.25, -0.2) is 28.1 Å². The van der Waals surface area contributed by atoms with E-state index >= 15 is 0 Å². The molecule has 3 aromatic rings. The van der Waals surface area contributed by atoms with Crippen LogP contribution in [-0.4, -0.2) is 89.1 Å². The predicted molar refractivity (Wildman–Crippen MR) is 165 cm³/mol. The first-order chi connectivity index (χ1) is 21.6. The van der Waals surface area contributed by atoms with Gasteiger partial charge in [-0.3, -0.25) is 14.8 Å². The summed E-state index contributed by atoms with van der Waals surface area (Å²) in [5.74, 6) is -2.84.